The van der Waals surface area contributed by atoms with Crippen molar-refractivity contribution in [2.75, 3.05) is 107 Å². The highest BCUT2D eigenvalue weighted by atomic mass is 16.4. The van der Waals surface area contributed by atoms with Gasteiger partial charge in [0.05, 0.1) is 28.2 Å². The molecule has 0 aliphatic carbocycles. The number of aliphatic carboxylic acids is 4. The fourth-order valence-corrected chi connectivity index (χ4v) is 4.32. The molecule has 0 unspecified atom stereocenters. The minimum absolute atomic E-state index is 0.146. The van der Waals surface area contributed by atoms with Crippen LogP contribution in [0.3, 0.4) is 0 Å². The Morgan fingerprint density at radius 3 is 0.656 bits per heavy atom. The number of quaternary nitrogens is 4. The van der Waals surface area contributed by atoms with Crippen LogP contribution in [0.1, 0.15) is 0 Å². The summed E-state index contributed by atoms with van der Waals surface area (Å²) < 4.78 is 0.657. The molecular weight excluding hydrogens is 424 g/mol. The average Bonchev–Trinajstić information content (AvgIpc) is 2.60. The summed E-state index contributed by atoms with van der Waals surface area (Å²) in [6, 6.07) is 0. The Balaban J connectivity index is 3.34. The van der Waals surface area contributed by atoms with Crippen molar-refractivity contribution in [1.29, 1.82) is 0 Å². The SMILES string of the molecule is C[N+]1(CC(=O)O)CC[N+](C)(CC(=O)O)CC[N+](C)(CC(=O)O)CC[N+](C)(CC(=O)O)CC1. The first kappa shape index (κ1) is 27.8. The Labute approximate surface area is 188 Å². The van der Waals surface area contributed by atoms with Crippen molar-refractivity contribution in [3.05, 3.63) is 0 Å². The van der Waals surface area contributed by atoms with Crippen LogP contribution in [0.25, 0.3) is 0 Å². The lowest BCUT2D eigenvalue weighted by Gasteiger charge is -2.44. The van der Waals surface area contributed by atoms with E-state index in [2.05, 4.69) is 0 Å². The Morgan fingerprint density at radius 1 is 0.438 bits per heavy atom. The van der Waals surface area contributed by atoms with E-state index < -0.39 is 23.9 Å². The largest absolute Gasteiger partial charge is 0.477 e. The minimum Gasteiger partial charge on any atom is -0.477 e. The van der Waals surface area contributed by atoms with Gasteiger partial charge in [-0.05, 0) is 0 Å². The molecule has 0 aromatic heterocycles. The van der Waals surface area contributed by atoms with Crippen LogP contribution >= 0.6 is 0 Å². The van der Waals surface area contributed by atoms with E-state index in [0.29, 0.717) is 52.4 Å². The maximum absolute atomic E-state index is 11.5. The minimum atomic E-state index is -0.967. The summed E-state index contributed by atoms with van der Waals surface area (Å²) in [5, 5.41) is 37.8. The normalized spacial score (nSPS) is 34.6. The molecule has 0 bridgehead atoms. The van der Waals surface area contributed by atoms with Crippen molar-refractivity contribution in [2.24, 2.45) is 0 Å². The number of hydrogen-bond donors (Lipinski definition) is 4. The molecule has 184 valence electrons. The molecule has 0 radical (unpaired) electrons. The first-order chi connectivity index (χ1) is 14.5. The third kappa shape index (κ3) is 9.47. The molecule has 32 heavy (non-hydrogen) atoms. The summed E-state index contributed by atoms with van der Waals surface area (Å²) in [6.07, 6.45) is 0. The van der Waals surface area contributed by atoms with Crippen LogP contribution in [-0.2, 0) is 19.2 Å². The fourth-order valence-electron chi connectivity index (χ4n) is 4.32. The summed E-state index contributed by atoms with van der Waals surface area (Å²) in [7, 11) is 7.23. The Morgan fingerprint density at radius 2 is 0.562 bits per heavy atom. The molecular formula is C20H40N4O8+4. The van der Waals surface area contributed by atoms with Gasteiger partial charge in [0.15, 0.2) is 26.2 Å². The molecule has 0 spiro atoms. The Hall–Kier alpha value is -2.28. The lowest BCUT2D eigenvalue weighted by molar-refractivity contribution is -1.01. The highest BCUT2D eigenvalue weighted by molar-refractivity contribution is 5.69. The smallest absolute Gasteiger partial charge is 0.359 e. The number of carbonyl (C=O) groups is 4. The molecule has 1 rings (SSSR count). The highest BCUT2D eigenvalue weighted by Crippen LogP contribution is 2.16. The molecule has 12 nitrogen and oxygen atoms in total. The molecule has 0 aromatic rings. The molecule has 0 aromatic carbocycles. The van der Waals surface area contributed by atoms with Gasteiger partial charge in [-0.1, -0.05) is 0 Å². The third-order valence-corrected chi connectivity index (χ3v) is 6.79. The van der Waals surface area contributed by atoms with E-state index in [9.17, 15) is 39.6 Å². The summed E-state index contributed by atoms with van der Waals surface area (Å²) in [4.78, 5) is 46.2. The van der Waals surface area contributed by atoms with Crippen LogP contribution in [0.15, 0.2) is 0 Å². The number of rotatable bonds is 8. The summed E-state index contributed by atoms with van der Waals surface area (Å²) >= 11 is 0. The van der Waals surface area contributed by atoms with E-state index in [1.807, 2.05) is 0 Å². The standard InChI is InChI=1S/C20H36N4O8/c1-21(13-17(25)26)5-7-22(2,14-18(27)28)9-11-24(4,16-20(31)32)12-10-23(3,8-6-21)15-19(29)30/h5-16H2,1-4H3/p+4. The van der Waals surface area contributed by atoms with Gasteiger partial charge in [-0.3, -0.25) is 0 Å². The molecule has 1 aliphatic rings. The maximum Gasteiger partial charge on any atom is 0.359 e. The van der Waals surface area contributed by atoms with Crippen LogP contribution in [0.4, 0.5) is 0 Å². The van der Waals surface area contributed by atoms with Gasteiger partial charge in [-0.25, -0.2) is 19.2 Å². The van der Waals surface area contributed by atoms with Gasteiger partial charge in [0, 0.05) is 0 Å². The van der Waals surface area contributed by atoms with Crippen molar-refractivity contribution in [1.82, 2.24) is 0 Å². The van der Waals surface area contributed by atoms with E-state index in [4.69, 9.17) is 0 Å². The van der Waals surface area contributed by atoms with E-state index in [1.165, 1.54) is 0 Å². The zero-order valence-corrected chi connectivity index (χ0v) is 19.7. The number of carboxylic acid groups (broad SMARTS) is 4. The Kier molecular flexibility index (Phi) is 9.16. The van der Waals surface area contributed by atoms with Crippen LogP contribution in [0.2, 0.25) is 0 Å². The molecule has 0 amide bonds. The van der Waals surface area contributed by atoms with Gasteiger partial charge in [0.1, 0.15) is 52.4 Å². The zero-order chi connectivity index (χ0) is 24.8. The van der Waals surface area contributed by atoms with Gasteiger partial charge in [-0.15, -0.1) is 0 Å². The topological polar surface area (TPSA) is 149 Å². The molecule has 4 N–H and O–H groups in total. The second kappa shape index (κ2) is 10.6. The number of likely N-dealkylation sites (N-methyl/N-ethyl adjacent to an activating group) is 4. The predicted octanol–water partition coefficient (Wildman–Crippen LogP) is -1.88. The summed E-state index contributed by atoms with van der Waals surface area (Å²) in [5.41, 5.74) is 0. The third-order valence-electron chi connectivity index (χ3n) is 6.79. The quantitative estimate of drug-likeness (QED) is 0.305. The van der Waals surface area contributed by atoms with Crippen LogP contribution in [0.5, 0.6) is 0 Å². The van der Waals surface area contributed by atoms with E-state index in [1.54, 1.807) is 28.2 Å². The van der Waals surface area contributed by atoms with E-state index in [-0.39, 0.29) is 44.1 Å². The molecule has 0 atom stereocenters. The second-order valence-electron chi connectivity index (χ2n) is 10.5. The highest BCUT2D eigenvalue weighted by Gasteiger charge is 2.40. The van der Waals surface area contributed by atoms with Gasteiger partial charge in [0.25, 0.3) is 0 Å². The van der Waals surface area contributed by atoms with E-state index >= 15 is 0 Å². The second-order valence-corrected chi connectivity index (χ2v) is 10.5. The van der Waals surface area contributed by atoms with Crippen molar-refractivity contribution >= 4 is 23.9 Å². The molecule has 1 fully saturated rings. The number of carboxylic acids is 4. The van der Waals surface area contributed by atoms with Crippen molar-refractivity contribution in [2.45, 2.75) is 0 Å². The molecule has 0 saturated carbocycles. The predicted molar refractivity (Wildman–Crippen MR) is 114 cm³/mol. The lowest BCUT2D eigenvalue weighted by atomic mass is 10.2. The summed E-state index contributed by atoms with van der Waals surface area (Å²) in [6.45, 7) is 2.68. The van der Waals surface area contributed by atoms with E-state index in [0.717, 1.165) is 0 Å². The van der Waals surface area contributed by atoms with Crippen LogP contribution < -0.4 is 0 Å². The van der Waals surface area contributed by atoms with Crippen molar-refractivity contribution in [3.63, 3.8) is 0 Å². The maximum atomic E-state index is 11.5. The van der Waals surface area contributed by atoms with Gasteiger partial charge in [0.2, 0.25) is 0 Å². The Bertz CT molecular complexity index is 590. The van der Waals surface area contributed by atoms with Gasteiger partial charge in [-0.2, -0.15) is 0 Å². The molecule has 1 saturated heterocycles. The number of hydrogen-bond acceptors (Lipinski definition) is 4. The van der Waals surface area contributed by atoms with Crippen LogP contribution in [-0.4, -0.2) is 169 Å². The molecule has 1 heterocycles. The number of nitrogens with zero attached hydrogens (tertiary/aromatic N) is 4. The monoisotopic (exact) mass is 464 g/mol. The van der Waals surface area contributed by atoms with Crippen molar-refractivity contribution < 1.29 is 57.5 Å². The summed E-state index contributed by atoms with van der Waals surface area (Å²) in [5.74, 6) is -3.87. The first-order valence-corrected chi connectivity index (χ1v) is 10.7. The first-order valence-electron chi connectivity index (χ1n) is 10.7. The fraction of sp³-hybridized carbons (Fsp3) is 0.800. The zero-order valence-electron chi connectivity index (χ0n) is 19.7. The molecule has 12 heteroatoms. The lowest BCUT2D eigenvalue weighted by Crippen LogP contribution is -2.65. The van der Waals surface area contributed by atoms with Crippen molar-refractivity contribution in [3.8, 4) is 0 Å². The van der Waals surface area contributed by atoms with Crippen LogP contribution in [0, 0.1) is 0 Å². The average molecular weight is 465 g/mol. The van der Waals surface area contributed by atoms with Gasteiger partial charge >= 0.3 is 23.9 Å². The van der Waals surface area contributed by atoms with Gasteiger partial charge < -0.3 is 38.4 Å². The molecule has 1 aliphatic heterocycles.